The molecule has 1 atom stereocenters. The van der Waals surface area contributed by atoms with Gasteiger partial charge in [0.1, 0.15) is 6.17 Å². The maximum Gasteiger partial charge on any atom is 0.232 e. The molecule has 1 unspecified atom stereocenters. The molecule has 19 heavy (non-hydrogen) atoms. The quantitative estimate of drug-likeness (QED) is 0.395. The van der Waals surface area contributed by atoms with Crippen LogP contribution < -0.4 is 5.32 Å². The number of aromatic nitrogens is 1. The van der Waals surface area contributed by atoms with Gasteiger partial charge in [-0.25, -0.2) is 0 Å². The molecule has 0 bridgehead atoms. The predicted octanol–water partition coefficient (Wildman–Crippen LogP) is 0.352. The number of hydrogen-bond donors (Lipinski definition) is 1. The predicted molar refractivity (Wildman–Crippen MR) is 71.2 cm³/mol. The summed E-state index contributed by atoms with van der Waals surface area (Å²) in [4.78, 5) is 16.4. The summed E-state index contributed by atoms with van der Waals surface area (Å²) >= 11 is 0. The van der Waals surface area contributed by atoms with Crippen LogP contribution in [0.25, 0.3) is 0 Å². The summed E-state index contributed by atoms with van der Waals surface area (Å²) in [6, 6.07) is 3.80. The second-order valence-electron chi connectivity index (χ2n) is 4.14. The molecule has 1 heterocycles. The van der Waals surface area contributed by atoms with Gasteiger partial charge in [0.25, 0.3) is 0 Å². The van der Waals surface area contributed by atoms with Crippen LogP contribution >= 0.6 is 0 Å². The van der Waals surface area contributed by atoms with E-state index in [2.05, 4.69) is 10.3 Å². The van der Waals surface area contributed by atoms with Crippen molar-refractivity contribution in [1.82, 2.24) is 15.2 Å². The zero-order valence-electron chi connectivity index (χ0n) is 11.3. The highest BCUT2D eigenvalue weighted by Crippen LogP contribution is 2.06. The minimum absolute atomic E-state index is 0.152. The first-order valence-electron chi connectivity index (χ1n) is 6.08. The SMILES string of the molecule is CNC(C[N+](=O)[O-])N(CCOC)Cc1cccnc1. The van der Waals surface area contributed by atoms with Gasteiger partial charge in [0.2, 0.25) is 6.54 Å². The Labute approximate surface area is 112 Å². The van der Waals surface area contributed by atoms with Crippen LogP contribution in [0.15, 0.2) is 24.5 Å². The molecule has 0 saturated heterocycles. The van der Waals surface area contributed by atoms with Gasteiger partial charge in [0, 0.05) is 37.5 Å². The summed E-state index contributed by atoms with van der Waals surface area (Å²) in [7, 11) is 3.33. The van der Waals surface area contributed by atoms with Gasteiger partial charge in [-0.3, -0.25) is 25.3 Å². The Bertz CT molecular complexity index is 374. The molecule has 1 rings (SSSR count). The van der Waals surface area contributed by atoms with Crippen molar-refractivity contribution in [2.24, 2.45) is 0 Å². The van der Waals surface area contributed by atoms with E-state index in [9.17, 15) is 10.1 Å². The normalized spacial score (nSPS) is 12.6. The van der Waals surface area contributed by atoms with Crippen molar-refractivity contribution in [2.45, 2.75) is 12.7 Å². The smallest absolute Gasteiger partial charge is 0.232 e. The molecule has 1 aromatic rings. The number of ether oxygens (including phenoxy) is 1. The fraction of sp³-hybridized carbons (Fsp3) is 0.583. The molecule has 106 valence electrons. The van der Waals surface area contributed by atoms with E-state index >= 15 is 0 Å². The fourth-order valence-electron chi connectivity index (χ4n) is 1.81. The highest BCUT2D eigenvalue weighted by atomic mass is 16.6. The minimum Gasteiger partial charge on any atom is -0.383 e. The van der Waals surface area contributed by atoms with E-state index in [1.165, 1.54) is 0 Å². The first-order chi connectivity index (χ1) is 9.17. The monoisotopic (exact) mass is 268 g/mol. The van der Waals surface area contributed by atoms with Gasteiger partial charge < -0.3 is 4.74 Å². The summed E-state index contributed by atoms with van der Waals surface area (Å²) in [5.74, 6) is 0. The number of pyridine rings is 1. The largest absolute Gasteiger partial charge is 0.383 e. The standard InChI is InChI=1S/C12H20N4O3/c1-13-12(10-16(17)18)15(6-7-19-2)9-11-4-3-5-14-8-11/h3-5,8,12-13H,6-7,9-10H2,1-2H3. The second-order valence-corrected chi connectivity index (χ2v) is 4.14. The zero-order valence-corrected chi connectivity index (χ0v) is 11.3. The molecule has 0 amide bonds. The van der Waals surface area contributed by atoms with Crippen molar-refractivity contribution in [3.63, 3.8) is 0 Å². The summed E-state index contributed by atoms with van der Waals surface area (Å²) < 4.78 is 5.05. The van der Waals surface area contributed by atoms with Gasteiger partial charge in [-0.1, -0.05) is 6.07 Å². The number of rotatable bonds is 9. The molecule has 0 saturated carbocycles. The Morgan fingerprint density at radius 1 is 1.63 bits per heavy atom. The van der Waals surface area contributed by atoms with Crippen LogP contribution in [0.5, 0.6) is 0 Å². The van der Waals surface area contributed by atoms with Crippen LogP contribution in [0.3, 0.4) is 0 Å². The highest BCUT2D eigenvalue weighted by molar-refractivity contribution is 5.08. The first-order valence-corrected chi connectivity index (χ1v) is 6.08. The van der Waals surface area contributed by atoms with Crippen LogP contribution in [-0.4, -0.2) is 54.8 Å². The molecule has 0 aliphatic rings. The third-order valence-electron chi connectivity index (χ3n) is 2.79. The van der Waals surface area contributed by atoms with Crippen LogP contribution in [0.2, 0.25) is 0 Å². The average Bonchev–Trinajstić information content (AvgIpc) is 2.42. The molecule has 0 aliphatic carbocycles. The Hall–Kier alpha value is -1.57. The van der Waals surface area contributed by atoms with Crippen LogP contribution in [0.1, 0.15) is 5.56 Å². The van der Waals surface area contributed by atoms with E-state index in [0.717, 1.165) is 5.56 Å². The zero-order chi connectivity index (χ0) is 14.1. The Morgan fingerprint density at radius 2 is 2.42 bits per heavy atom. The number of nitro groups is 1. The molecule has 7 nitrogen and oxygen atoms in total. The first kappa shape index (κ1) is 15.5. The lowest BCUT2D eigenvalue weighted by molar-refractivity contribution is -0.488. The van der Waals surface area contributed by atoms with Crippen molar-refractivity contribution >= 4 is 0 Å². The van der Waals surface area contributed by atoms with Crippen molar-refractivity contribution < 1.29 is 9.66 Å². The third-order valence-corrected chi connectivity index (χ3v) is 2.79. The minimum atomic E-state index is -0.328. The summed E-state index contributed by atoms with van der Waals surface area (Å²) in [5.41, 5.74) is 1.02. The Balaban J connectivity index is 2.71. The van der Waals surface area contributed by atoms with Crippen LogP contribution in [0.4, 0.5) is 0 Å². The molecule has 0 fully saturated rings. The van der Waals surface area contributed by atoms with Crippen molar-refractivity contribution in [3.8, 4) is 0 Å². The van der Waals surface area contributed by atoms with Gasteiger partial charge in [0.05, 0.1) is 6.61 Å². The topological polar surface area (TPSA) is 80.5 Å². The molecule has 1 N–H and O–H groups in total. The van der Waals surface area contributed by atoms with Crippen molar-refractivity contribution in [3.05, 3.63) is 40.2 Å². The molecule has 0 spiro atoms. The summed E-state index contributed by atoms with van der Waals surface area (Å²) in [5, 5.41) is 13.7. The molecular formula is C12H20N4O3. The fourth-order valence-corrected chi connectivity index (χ4v) is 1.81. The number of nitrogens with zero attached hydrogens (tertiary/aromatic N) is 3. The number of nitrogens with one attached hydrogen (secondary N) is 1. The van der Waals surface area contributed by atoms with Gasteiger partial charge in [-0.2, -0.15) is 0 Å². The van der Waals surface area contributed by atoms with Gasteiger partial charge in [-0.15, -0.1) is 0 Å². The van der Waals surface area contributed by atoms with Gasteiger partial charge >= 0.3 is 0 Å². The van der Waals surface area contributed by atoms with E-state index in [-0.39, 0.29) is 17.6 Å². The third kappa shape index (κ3) is 5.73. The average molecular weight is 268 g/mol. The highest BCUT2D eigenvalue weighted by Gasteiger charge is 2.21. The summed E-state index contributed by atoms with van der Waals surface area (Å²) in [6.07, 6.45) is 3.14. The number of likely N-dealkylation sites (N-methyl/N-ethyl adjacent to an activating group) is 1. The lowest BCUT2D eigenvalue weighted by Crippen LogP contribution is -2.49. The van der Waals surface area contributed by atoms with Crippen LogP contribution in [0, 0.1) is 10.1 Å². The molecule has 0 aliphatic heterocycles. The summed E-state index contributed by atoms with van der Waals surface area (Å²) in [6.45, 7) is 1.58. The van der Waals surface area contributed by atoms with E-state index in [1.807, 2.05) is 17.0 Å². The molecule has 0 aromatic carbocycles. The molecule has 0 radical (unpaired) electrons. The van der Waals surface area contributed by atoms with Crippen molar-refractivity contribution in [2.75, 3.05) is 33.9 Å². The van der Waals surface area contributed by atoms with Crippen molar-refractivity contribution in [1.29, 1.82) is 0 Å². The Morgan fingerprint density at radius 3 is 2.95 bits per heavy atom. The second kappa shape index (κ2) is 8.52. The Kier molecular flexibility index (Phi) is 6.94. The van der Waals surface area contributed by atoms with E-state index in [1.54, 1.807) is 26.6 Å². The number of hydrogen-bond acceptors (Lipinski definition) is 6. The molecule has 1 aromatic heterocycles. The van der Waals surface area contributed by atoms with Gasteiger partial charge in [-0.05, 0) is 18.7 Å². The lowest BCUT2D eigenvalue weighted by atomic mass is 10.2. The van der Waals surface area contributed by atoms with Crippen LogP contribution in [-0.2, 0) is 11.3 Å². The van der Waals surface area contributed by atoms with Gasteiger partial charge in [0.15, 0.2) is 0 Å². The lowest BCUT2D eigenvalue weighted by Gasteiger charge is -2.28. The maximum absolute atomic E-state index is 10.7. The number of methoxy groups -OCH3 is 1. The molecular weight excluding hydrogens is 248 g/mol. The van der Waals surface area contributed by atoms with E-state index in [4.69, 9.17) is 4.74 Å². The van der Waals surface area contributed by atoms with E-state index < -0.39 is 0 Å². The maximum atomic E-state index is 10.7. The van der Waals surface area contributed by atoms with E-state index in [0.29, 0.717) is 19.7 Å². The molecule has 7 heteroatoms.